The number of hydrogen-bond acceptors (Lipinski definition) is 3. The highest BCUT2D eigenvalue weighted by atomic mass is 16.3. The molecule has 1 aromatic rings. The van der Waals surface area contributed by atoms with Crippen molar-refractivity contribution in [3.63, 3.8) is 0 Å². The van der Waals surface area contributed by atoms with E-state index in [4.69, 9.17) is 0 Å². The van der Waals surface area contributed by atoms with Crippen LogP contribution >= 0.6 is 0 Å². The van der Waals surface area contributed by atoms with E-state index in [0.29, 0.717) is 25.3 Å². The number of carbonyl (C=O) groups excluding carboxylic acids is 1. The lowest BCUT2D eigenvalue weighted by Gasteiger charge is -2.13. The van der Waals surface area contributed by atoms with Crippen molar-refractivity contribution in [2.24, 2.45) is 5.92 Å². The second kappa shape index (κ2) is 7.01. The smallest absolute Gasteiger partial charge is 0.224 e. The third-order valence-corrected chi connectivity index (χ3v) is 2.37. The van der Waals surface area contributed by atoms with E-state index in [1.54, 1.807) is 18.5 Å². The molecule has 1 heterocycles. The lowest BCUT2D eigenvalue weighted by atomic mass is 10.1. The van der Waals surface area contributed by atoms with Gasteiger partial charge in [0.05, 0.1) is 12.5 Å². The minimum absolute atomic E-state index is 0.0826. The molecule has 1 aromatic heterocycles. The van der Waals surface area contributed by atoms with Crippen molar-refractivity contribution in [3.05, 3.63) is 30.1 Å². The van der Waals surface area contributed by atoms with E-state index >= 15 is 0 Å². The minimum atomic E-state index is -0.465. The molecular weight excluding hydrogens is 216 g/mol. The summed E-state index contributed by atoms with van der Waals surface area (Å²) < 4.78 is 0. The van der Waals surface area contributed by atoms with Crippen molar-refractivity contribution >= 4 is 5.91 Å². The summed E-state index contributed by atoms with van der Waals surface area (Å²) in [5.41, 5.74) is 0.878. The van der Waals surface area contributed by atoms with Crippen molar-refractivity contribution in [1.82, 2.24) is 10.3 Å². The monoisotopic (exact) mass is 236 g/mol. The summed E-state index contributed by atoms with van der Waals surface area (Å²) in [5.74, 6) is 0.348. The van der Waals surface area contributed by atoms with Gasteiger partial charge in [-0.2, -0.15) is 0 Å². The first-order valence-electron chi connectivity index (χ1n) is 5.91. The fourth-order valence-electron chi connectivity index (χ4n) is 1.61. The fourth-order valence-corrected chi connectivity index (χ4v) is 1.61. The van der Waals surface area contributed by atoms with Gasteiger partial charge in [-0.05, 0) is 24.0 Å². The largest absolute Gasteiger partial charge is 0.391 e. The molecule has 1 amide bonds. The van der Waals surface area contributed by atoms with Crippen LogP contribution in [0, 0.1) is 5.92 Å². The Morgan fingerprint density at radius 3 is 2.88 bits per heavy atom. The third-order valence-electron chi connectivity index (χ3n) is 2.37. The summed E-state index contributed by atoms with van der Waals surface area (Å²) in [4.78, 5) is 15.5. The summed E-state index contributed by atoms with van der Waals surface area (Å²) in [5, 5.41) is 12.3. The topological polar surface area (TPSA) is 62.2 Å². The Labute approximate surface area is 102 Å². The van der Waals surface area contributed by atoms with Crippen molar-refractivity contribution in [2.45, 2.75) is 32.8 Å². The number of nitrogens with one attached hydrogen (secondary N) is 1. The molecule has 0 aliphatic heterocycles. The van der Waals surface area contributed by atoms with Crippen LogP contribution in [-0.2, 0) is 11.2 Å². The van der Waals surface area contributed by atoms with E-state index < -0.39 is 6.10 Å². The zero-order valence-electron chi connectivity index (χ0n) is 10.4. The highest BCUT2D eigenvalue weighted by Crippen LogP contribution is 2.03. The maximum atomic E-state index is 11.6. The molecule has 94 valence electrons. The summed E-state index contributed by atoms with van der Waals surface area (Å²) in [6, 6.07) is 3.66. The molecule has 1 rings (SSSR count). The molecule has 1 atom stereocenters. The Bertz CT molecular complexity index is 339. The molecule has 0 saturated heterocycles. The Kier molecular flexibility index (Phi) is 5.63. The van der Waals surface area contributed by atoms with Crippen LogP contribution in [0.15, 0.2) is 24.5 Å². The number of nitrogens with zero attached hydrogens (tertiary/aromatic N) is 1. The fraction of sp³-hybridized carbons (Fsp3) is 0.538. The summed E-state index contributed by atoms with van der Waals surface area (Å²) in [6.07, 6.45) is 3.89. The van der Waals surface area contributed by atoms with Gasteiger partial charge in [-0.3, -0.25) is 9.78 Å². The third kappa shape index (κ3) is 6.02. The lowest BCUT2D eigenvalue weighted by Crippen LogP contribution is -2.33. The van der Waals surface area contributed by atoms with Gasteiger partial charge in [-0.1, -0.05) is 19.9 Å². The molecule has 17 heavy (non-hydrogen) atoms. The van der Waals surface area contributed by atoms with Gasteiger partial charge < -0.3 is 10.4 Å². The van der Waals surface area contributed by atoms with Crippen LogP contribution in [0.4, 0.5) is 0 Å². The Hall–Kier alpha value is -1.42. The zero-order valence-corrected chi connectivity index (χ0v) is 10.4. The zero-order chi connectivity index (χ0) is 12.7. The van der Waals surface area contributed by atoms with Crippen molar-refractivity contribution in [3.8, 4) is 0 Å². The molecule has 0 aliphatic carbocycles. The SMILES string of the molecule is CC(C)CC(O)CNC(=O)Cc1cccnc1. The molecule has 0 fully saturated rings. The number of aromatic nitrogens is 1. The molecule has 0 bridgehead atoms. The van der Waals surface area contributed by atoms with E-state index in [0.717, 1.165) is 5.56 Å². The summed E-state index contributed by atoms with van der Waals surface area (Å²) >= 11 is 0. The van der Waals surface area contributed by atoms with E-state index in [-0.39, 0.29) is 5.91 Å². The standard InChI is InChI=1S/C13H20N2O2/c1-10(2)6-12(16)9-15-13(17)7-11-4-3-5-14-8-11/h3-5,8,10,12,16H,6-7,9H2,1-2H3,(H,15,17). The Morgan fingerprint density at radius 2 is 2.29 bits per heavy atom. The van der Waals surface area contributed by atoms with Crippen LogP contribution in [0.25, 0.3) is 0 Å². The Morgan fingerprint density at radius 1 is 1.53 bits per heavy atom. The molecule has 0 aromatic carbocycles. The van der Waals surface area contributed by atoms with Crippen LogP contribution in [0.3, 0.4) is 0 Å². The number of rotatable bonds is 6. The van der Waals surface area contributed by atoms with Gasteiger partial charge in [0.1, 0.15) is 0 Å². The molecule has 4 nitrogen and oxygen atoms in total. The second-order valence-electron chi connectivity index (χ2n) is 4.63. The normalized spacial score (nSPS) is 12.5. The highest BCUT2D eigenvalue weighted by Gasteiger charge is 2.09. The van der Waals surface area contributed by atoms with Crippen LogP contribution in [0.2, 0.25) is 0 Å². The average molecular weight is 236 g/mol. The van der Waals surface area contributed by atoms with Crippen LogP contribution in [0.5, 0.6) is 0 Å². The highest BCUT2D eigenvalue weighted by molar-refractivity contribution is 5.78. The number of amides is 1. The van der Waals surface area contributed by atoms with Crippen molar-refractivity contribution in [1.29, 1.82) is 0 Å². The van der Waals surface area contributed by atoms with Gasteiger partial charge in [-0.25, -0.2) is 0 Å². The molecule has 0 aliphatic rings. The van der Waals surface area contributed by atoms with Crippen LogP contribution in [-0.4, -0.2) is 28.6 Å². The van der Waals surface area contributed by atoms with E-state index in [1.807, 2.05) is 19.9 Å². The average Bonchev–Trinajstić information content (AvgIpc) is 2.27. The first-order valence-corrected chi connectivity index (χ1v) is 5.91. The number of aliphatic hydroxyl groups is 1. The predicted molar refractivity (Wildman–Crippen MR) is 66.4 cm³/mol. The van der Waals surface area contributed by atoms with Gasteiger partial charge in [0, 0.05) is 18.9 Å². The maximum Gasteiger partial charge on any atom is 0.224 e. The predicted octanol–water partition coefficient (Wildman–Crippen LogP) is 1.15. The minimum Gasteiger partial charge on any atom is -0.391 e. The van der Waals surface area contributed by atoms with Gasteiger partial charge in [0.2, 0.25) is 5.91 Å². The van der Waals surface area contributed by atoms with Gasteiger partial charge in [0.15, 0.2) is 0 Å². The molecule has 4 heteroatoms. The number of aliphatic hydroxyl groups excluding tert-OH is 1. The maximum absolute atomic E-state index is 11.6. The molecule has 0 radical (unpaired) electrons. The lowest BCUT2D eigenvalue weighted by molar-refractivity contribution is -0.120. The van der Waals surface area contributed by atoms with E-state index in [1.165, 1.54) is 0 Å². The number of carbonyl (C=O) groups is 1. The summed E-state index contributed by atoms with van der Waals surface area (Å²) in [6.45, 7) is 4.40. The molecule has 2 N–H and O–H groups in total. The second-order valence-corrected chi connectivity index (χ2v) is 4.63. The number of hydrogen-bond donors (Lipinski definition) is 2. The molecular formula is C13H20N2O2. The summed E-state index contributed by atoms with van der Waals surface area (Å²) in [7, 11) is 0. The van der Waals surface area contributed by atoms with Crippen LogP contribution < -0.4 is 5.32 Å². The van der Waals surface area contributed by atoms with Crippen molar-refractivity contribution in [2.75, 3.05) is 6.54 Å². The van der Waals surface area contributed by atoms with Gasteiger partial charge >= 0.3 is 0 Å². The molecule has 0 spiro atoms. The van der Waals surface area contributed by atoms with E-state index in [9.17, 15) is 9.90 Å². The van der Waals surface area contributed by atoms with Crippen LogP contribution in [0.1, 0.15) is 25.8 Å². The molecule has 0 saturated carbocycles. The first-order chi connectivity index (χ1) is 8.08. The Balaban J connectivity index is 2.26. The van der Waals surface area contributed by atoms with Gasteiger partial charge in [0.25, 0.3) is 0 Å². The number of pyridine rings is 1. The first kappa shape index (κ1) is 13.6. The quantitative estimate of drug-likeness (QED) is 0.778. The van der Waals surface area contributed by atoms with E-state index in [2.05, 4.69) is 10.3 Å². The van der Waals surface area contributed by atoms with Crippen molar-refractivity contribution < 1.29 is 9.90 Å². The molecule has 1 unspecified atom stereocenters. The van der Waals surface area contributed by atoms with Gasteiger partial charge in [-0.15, -0.1) is 0 Å².